The van der Waals surface area contributed by atoms with Crippen molar-refractivity contribution in [2.75, 3.05) is 6.61 Å². The Kier molecular flexibility index (Phi) is 8.80. The highest BCUT2D eigenvalue weighted by Gasteiger charge is 2.46. The highest BCUT2D eigenvalue weighted by molar-refractivity contribution is 6.03. The molecular formula is C36H34O16. The first-order valence-corrected chi connectivity index (χ1v) is 16.1. The van der Waals surface area contributed by atoms with Gasteiger partial charge in [-0.25, -0.2) is 0 Å². The number of hydrogen-bond donors (Lipinski definition) is 11. The molecule has 4 aromatic rings. The highest BCUT2D eigenvalue weighted by Crippen LogP contribution is 2.57. The molecule has 16 heteroatoms. The first-order valence-electron chi connectivity index (χ1n) is 16.1. The smallest absolute Gasteiger partial charge is 0.229 e. The number of hydrogen-bond acceptors (Lipinski definition) is 16. The molecule has 0 saturated carbocycles. The molecule has 0 aliphatic carbocycles. The van der Waals surface area contributed by atoms with Crippen LogP contribution in [-0.4, -0.2) is 99.3 Å². The van der Waals surface area contributed by atoms with Gasteiger partial charge in [-0.05, 0) is 35.4 Å². The fraction of sp³-hybridized carbons (Fsp3) is 0.306. The first-order chi connectivity index (χ1) is 24.7. The van der Waals surface area contributed by atoms with E-state index in [1.807, 2.05) is 0 Å². The van der Waals surface area contributed by atoms with Crippen LogP contribution in [0.2, 0.25) is 0 Å². The van der Waals surface area contributed by atoms with E-state index in [1.165, 1.54) is 42.5 Å². The molecule has 52 heavy (non-hydrogen) atoms. The number of ketones is 1. The maximum absolute atomic E-state index is 13.6. The Morgan fingerprint density at radius 3 is 1.96 bits per heavy atom. The van der Waals surface area contributed by atoms with Crippen LogP contribution in [-0.2, 0) is 4.74 Å². The Labute approximate surface area is 293 Å². The minimum Gasteiger partial charge on any atom is -0.508 e. The Bertz CT molecular complexity index is 2050. The van der Waals surface area contributed by atoms with Gasteiger partial charge in [0, 0.05) is 41.7 Å². The molecule has 16 nitrogen and oxygen atoms in total. The summed E-state index contributed by atoms with van der Waals surface area (Å²) in [6, 6.07) is 11.1. The normalized spacial score (nSPS) is 26.8. The van der Waals surface area contributed by atoms with Crippen LogP contribution < -0.4 is 14.2 Å². The van der Waals surface area contributed by atoms with Crippen molar-refractivity contribution < 1.29 is 79.9 Å². The molecule has 7 rings (SSSR count). The molecular weight excluding hydrogens is 688 g/mol. The van der Waals surface area contributed by atoms with Crippen molar-refractivity contribution in [3.8, 4) is 57.5 Å². The highest BCUT2D eigenvalue weighted by atomic mass is 16.7. The number of aromatic hydroxyl groups is 7. The van der Waals surface area contributed by atoms with E-state index >= 15 is 0 Å². The Balaban J connectivity index is 1.40. The molecule has 0 unspecified atom stereocenters. The third-order valence-corrected chi connectivity index (χ3v) is 9.53. The van der Waals surface area contributed by atoms with Gasteiger partial charge < -0.3 is 75.1 Å². The number of carbonyl (C=O) groups excluding carboxylic acids is 1. The zero-order valence-corrected chi connectivity index (χ0v) is 26.9. The molecule has 3 heterocycles. The van der Waals surface area contributed by atoms with Gasteiger partial charge in [0.05, 0.1) is 13.0 Å². The molecule has 1 fully saturated rings. The summed E-state index contributed by atoms with van der Waals surface area (Å²) in [7, 11) is 0. The fourth-order valence-corrected chi connectivity index (χ4v) is 6.91. The van der Waals surface area contributed by atoms with E-state index in [4.69, 9.17) is 18.9 Å². The number of fused-ring (bicyclic) bond motifs is 2. The Morgan fingerprint density at radius 1 is 0.673 bits per heavy atom. The van der Waals surface area contributed by atoms with Gasteiger partial charge in [0.15, 0.2) is 28.8 Å². The standard InChI is InChI=1S/C36H34O16/c37-12-28-32(46)33(47)34(48)36(52-28)51-27-8-15(38)7-26-30(27)16(9-24(49-26)13-1-3-17(39)19(41)5-13)29-21(43)10-22(44)31-23(45)11-25(50-35(29)31)14-2-4-18(40)20(42)6-14/h1-8,10,16,24-25,28,32-34,36-44,46-48H,9,11-12H2/t16-,24+,25-,28+,32+,33-,34+,36-/m0/s1. The van der Waals surface area contributed by atoms with E-state index in [2.05, 4.69) is 0 Å². The number of rotatable bonds is 6. The number of phenolic OH excluding ortho intramolecular Hbond substituents is 7. The van der Waals surface area contributed by atoms with E-state index in [9.17, 15) is 61.0 Å². The van der Waals surface area contributed by atoms with Gasteiger partial charge in [0.2, 0.25) is 6.29 Å². The average molecular weight is 723 g/mol. The van der Waals surface area contributed by atoms with Gasteiger partial charge in [-0.15, -0.1) is 0 Å². The summed E-state index contributed by atoms with van der Waals surface area (Å²) in [6.45, 7) is -0.755. The number of phenols is 7. The van der Waals surface area contributed by atoms with Crippen LogP contribution >= 0.6 is 0 Å². The van der Waals surface area contributed by atoms with Crippen molar-refractivity contribution >= 4 is 5.78 Å². The molecule has 3 aliphatic rings. The minimum absolute atomic E-state index is 0.0585. The third-order valence-electron chi connectivity index (χ3n) is 9.53. The quantitative estimate of drug-likeness (QED) is 0.127. The monoisotopic (exact) mass is 722 g/mol. The zero-order chi connectivity index (χ0) is 37.2. The molecule has 274 valence electrons. The number of carbonyl (C=O) groups is 1. The van der Waals surface area contributed by atoms with Crippen molar-refractivity contribution in [1.29, 1.82) is 0 Å². The van der Waals surface area contributed by atoms with Crippen molar-refractivity contribution in [3.05, 3.63) is 82.4 Å². The molecule has 0 radical (unpaired) electrons. The molecule has 11 N–H and O–H groups in total. The number of aliphatic hydroxyl groups excluding tert-OH is 4. The van der Waals surface area contributed by atoms with Gasteiger partial charge in [0.25, 0.3) is 0 Å². The minimum atomic E-state index is -1.86. The number of aliphatic hydroxyl groups is 4. The van der Waals surface area contributed by atoms with Crippen LogP contribution in [0.1, 0.15) is 63.6 Å². The van der Waals surface area contributed by atoms with Crippen LogP contribution in [0.4, 0.5) is 0 Å². The number of ether oxygens (including phenoxy) is 4. The van der Waals surface area contributed by atoms with Crippen LogP contribution in [0.25, 0.3) is 0 Å². The Morgan fingerprint density at radius 2 is 1.33 bits per heavy atom. The van der Waals surface area contributed by atoms with Gasteiger partial charge in [-0.2, -0.15) is 0 Å². The van der Waals surface area contributed by atoms with Crippen molar-refractivity contribution in [3.63, 3.8) is 0 Å². The van der Waals surface area contributed by atoms with Gasteiger partial charge in [-0.3, -0.25) is 4.79 Å². The van der Waals surface area contributed by atoms with E-state index in [0.717, 1.165) is 12.1 Å². The third kappa shape index (κ3) is 5.95. The topological polar surface area (TPSA) is 277 Å². The molecule has 0 amide bonds. The van der Waals surface area contributed by atoms with Gasteiger partial charge >= 0.3 is 0 Å². The van der Waals surface area contributed by atoms with Crippen molar-refractivity contribution in [1.82, 2.24) is 0 Å². The number of benzene rings is 4. The molecule has 8 atom stereocenters. The maximum atomic E-state index is 13.6. The predicted molar refractivity (Wildman–Crippen MR) is 174 cm³/mol. The molecule has 0 spiro atoms. The summed E-state index contributed by atoms with van der Waals surface area (Å²) >= 11 is 0. The summed E-state index contributed by atoms with van der Waals surface area (Å²) < 4.78 is 24.1. The van der Waals surface area contributed by atoms with E-state index < -0.39 is 101 Å². The molecule has 3 aliphatic heterocycles. The number of Topliss-reactive ketones (excluding diaryl/α,β-unsaturated/α-hetero) is 1. The predicted octanol–water partition coefficient (Wildman–Crippen LogP) is 2.17. The fourth-order valence-electron chi connectivity index (χ4n) is 6.91. The SMILES string of the molecule is O=C1C[C@@H](c2ccc(O)c(O)c2)Oc2c1c(O)cc(O)c2[C@@H]1C[C@H](c2ccc(O)c(O)c2)Oc2cc(O)cc(O[C@H]3O[C@H](CO)[C@@H](O)[C@H](O)[C@H]3O)c21. The zero-order valence-electron chi connectivity index (χ0n) is 26.9. The van der Waals surface area contributed by atoms with Crippen LogP contribution in [0.3, 0.4) is 0 Å². The average Bonchev–Trinajstić information content (AvgIpc) is 3.10. The second-order valence-corrected chi connectivity index (χ2v) is 12.8. The van der Waals surface area contributed by atoms with Crippen LogP contribution in [0.5, 0.6) is 57.5 Å². The largest absolute Gasteiger partial charge is 0.508 e. The summed E-state index contributed by atoms with van der Waals surface area (Å²) in [5.74, 6) is -5.56. The second-order valence-electron chi connectivity index (χ2n) is 12.8. The first kappa shape index (κ1) is 34.8. The van der Waals surface area contributed by atoms with Crippen LogP contribution in [0, 0.1) is 0 Å². The molecule has 1 saturated heterocycles. The molecule has 4 aromatic carbocycles. The molecule has 0 bridgehead atoms. The Hall–Kier alpha value is -5.65. The maximum Gasteiger partial charge on any atom is 0.229 e. The lowest BCUT2D eigenvalue weighted by Gasteiger charge is -2.41. The van der Waals surface area contributed by atoms with E-state index in [-0.39, 0.29) is 52.3 Å². The van der Waals surface area contributed by atoms with Crippen molar-refractivity contribution in [2.45, 2.75) is 61.7 Å². The van der Waals surface area contributed by atoms with Crippen LogP contribution in [0.15, 0.2) is 54.6 Å². The molecule has 0 aromatic heterocycles. The summed E-state index contributed by atoms with van der Waals surface area (Å²) in [4.78, 5) is 13.6. The van der Waals surface area contributed by atoms with Gasteiger partial charge in [0.1, 0.15) is 76.7 Å². The lowest BCUT2D eigenvalue weighted by molar-refractivity contribution is -0.277. The van der Waals surface area contributed by atoms with Crippen molar-refractivity contribution in [2.24, 2.45) is 0 Å². The van der Waals surface area contributed by atoms with E-state index in [0.29, 0.717) is 5.56 Å². The summed E-state index contributed by atoms with van der Waals surface area (Å²) in [5, 5.41) is 115. The van der Waals surface area contributed by atoms with E-state index in [1.54, 1.807) is 0 Å². The lowest BCUT2D eigenvalue weighted by Crippen LogP contribution is -2.60. The second kappa shape index (κ2) is 13.2. The summed E-state index contributed by atoms with van der Waals surface area (Å²) in [6.07, 6.45) is -10.9. The summed E-state index contributed by atoms with van der Waals surface area (Å²) in [5.41, 5.74) is 0.388. The van der Waals surface area contributed by atoms with Gasteiger partial charge in [-0.1, -0.05) is 12.1 Å². The lowest BCUT2D eigenvalue weighted by atomic mass is 9.79.